The number of nitrogens with one attached hydrogen (secondary N) is 2. The van der Waals surface area contributed by atoms with E-state index in [9.17, 15) is 14.4 Å². The van der Waals surface area contributed by atoms with Gasteiger partial charge in [0.15, 0.2) is 0 Å². The van der Waals surface area contributed by atoms with Gasteiger partial charge in [-0.1, -0.05) is 18.2 Å². The summed E-state index contributed by atoms with van der Waals surface area (Å²) in [6, 6.07) is 12.1. The molecule has 0 unspecified atom stereocenters. The third-order valence-corrected chi connectivity index (χ3v) is 3.87. The lowest BCUT2D eigenvalue weighted by molar-refractivity contribution is -0.122. The molecule has 0 aliphatic heterocycles. The number of anilines is 1. The van der Waals surface area contributed by atoms with Crippen molar-refractivity contribution in [3.05, 3.63) is 64.6 Å². The predicted octanol–water partition coefficient (Wildman–Crippen LogP) is 1.51. The van der Waals surface area contributed by atoms with Crippen LogP contribution in [0.4, 0.5) is 5.69 Å². The van der Waals surface area contributed by atoms with Gasteiger partial charge in [-0.15, -0.1) is 0 Å². The molecule has 2 N–H and O–H groups in total. The number of aromatic nitrogens is 1. The maximum absolute atomic E-state index is 11.9. The van der Waals surface area contributed by atoms with E-state index in [0.29, 0.717) is 6.54 Å². The average Bonchev–Trinajstić information content (AvgIpc) is 3.41. The highest BCUT2D eigenvalue weighted by Crippen LogP contribution is 2.30. The van der Waals surface area contributed by atoms with Crippen molar-refractivity contribution >= 4 is 17.5 Å². The monoisotopic (exact) mass is 325 g/mol. The van der Waals surface area contributed by atoms with Gasteiger partial charge in [-0.3, -0.25) is 14.4 Å². The van der Waals surface area contributed by atoms with Crippen LogP contribution in [0, 0.1) is 5.92 Å². The van der Waals surface area contributed by atoms with E-state index in [2.05, 4.69) is 10.6 Å². The summed E-state index contributed by atoms with van der Waals surface area (Å²) in [6.07, 6.45) is 3.53. The first kappa shape index (κ1) is 16.0. The zero-order valence-corrected chi connectivity index (χ0v) is 13.2. The van der Waals surface area contributed by atoms with Crippen molar-refractivity contribution in [3.63, 3.8) is 0 Å². The SMILES string of the molecule is O=C(Cn1ccccc1=O)NCc1ccc(NC(=O)C2CC2)cc1. The molecule has 1 aliphatic rings. The number of benzene rings is 1. The second-order valence-electron chi connectivity index (χ2n) is 5.90. The second kappa shape index (κ2) is 7.12. The van der Waals surface area contributed by atoms with Crippen LogP contribution in [0.25, 0.3) is 0 Å². The standard InChI is InChI=1S/C18H19N3O3/c22-16(12-21-10-2-1-3-17(21)23)19-11-13-4-8-15(9-5-13)20-18(24)14-6-7-14/h1-5,8-10,14H,6-7,11-12H2,(H,19,22)(H,20,24). The second-order valence-corrected chi connectivity index (χ2v) is 5.90. The summed E-state index contributed by atoms with van der Waals surface area (Å²) in [7, 11) is 0. The third kappa shape index (κ3) is 4.32. The van der Waals surface area contributed by atoms with Gasteiger partial charge in [-0.2, -0.15) is 0 Å². The summed E-state index contributed by atoms with van der Waals surface area (Å²) in [5.74, 6) is 0.0177. The summed E-state index contributed by atoms with van der Waals surface area (Å²) in [4.78, 5) is 35.1. The highest BCUT2D eigenvalue weighted by atomic mass is 16.2. The minimum absolute atomic E-state index is 0.00476. The van der Waals surface area contributed by atoms with Gasteiger partial charge in [0, 0.05) is 30.4 Å². The minimum Gasteiger partial charge on any atom is -0.350 e. The lowest BCUT2D eigenvalue weighted by Crippen LogP contribution is -2.31. The summed E-state index contributed by atoms with van der Waals surface area (Å²) in [5, 5.41) is 5.65. The summed E-state index contributed by atoms with van der Waals surface area (Å²) >= 11 is 0. The van der Waals surface area contributed by atoms with E-state index in [1.165, 1.54) is 10.6 Å². The first-order valence-corrected chi connectivity index (χ1v) is 7.94. The smallest absolute Gasteiger partial charge is 0.250 e. The highest BCUT2D eigenvalue weighted by molar-refractivity contribution is 5.94. The van der Waals surface area contributed by atoms with Crippen molar-refractivity contribution in [2.24, 2.45) is 5.92 Å². The molecule has 0 saturated heterocycles. The third-order valence-electron chi connectivity index (χ3n) is 3.87. The fourth-order valence-electron chi connectivity index (χ4n) is 2.30. The van der Waals surface area contributed by atoms with Gasteiger partial charge in [0.1, 0.15) is 6.54 Å². The number of hydrogen-bond acceptors (Lipinski definition) is 3. The Bertz CT molecular complexity index is 792. The Balaban J connectivity index is 1.49. The molecular formula is C18H19N3O3. The Morgan fingerprint density at radius 2 is 1.83 bits per heavy atom. The van der Waals surface area contributed by atoms with Crippen molar-refractivity contribution in [2.45, 2.75) is 25.9 Å². The lowest BCUT2D eigenvalue weighted by atomic mass is 10.2. The molecule has 3 rings (SSSR count). The normalized spacial score (nSPS) is 13.3. The van der Waals surface area contributed by atoms with Gasteiger partial charge < -0.3 is 15.2 Å². The number of pyridine rings is 1. The average molecular weight is 325 g/mol. The molecule has 0 radical (unpaired) electrons. The molecule has 2 amide bonds. The van der Waals surface area contributed by atoms with Crippen LogP contribution in [0.15, 0.2) is 53.5 Å². The molecular weight excluding hydrogens is 306 g/mol. The molecule has 1 saturated carbocycles. The fraction of sp³-hybridized carbons (Fsp3) is 0.278. The molecule has 24 heavy (non-hydrogen) atoms. The van der Waals surface area contributed by atoms with Crippen LogP contribution in [0.3, 0.4) is 0 Å². The Morgan fingerprint density at radius 1 is 1.08 bits per heavy atom. The van der Waals surface area contributed by atoms with E-state index >= 15 is 0 Å². The Kier molecular flexibility index (Phi) is 4.74. The molecule has 1 aromatic carbocycles. The van der Waals surface area contributed by atoms with Gasteiger partial charge >= 0.3 is 0 Å². The first-order chi connectivity index (χ1) is 11.6. The zero-order valence-electron chi connectivity index (χ0n) is 13.2. The van der Waals surface area contributed by atoms with Crippen molar-refractivity contribution < 1.29 is 9.59 Å². The molecule has 1 fully saturated rings. The lowest BCUT2D eigenvalue weighted by Gasteiger charge is -2.08. The molecule has 0 spiro atoms. The number of amides is 2. The van der Waals surface area contributed by atoms with Crippen molar-refractivity contribution in [1.82, 2.24) is 9.88 Å². The molecule has 1 aliphatic carbocycles. The van der Waals surface area contributed by atoms with E-state index in [1.807, 2.05) is 24.3 Å². The van der Waals surface area contributed by atoms with E-state index in [0.717, 1.165) is 24.1 Å². The van der Waals surface area contributed by atoms with Crippen molar-refractivity contribution in [2.75, 3.05) is 5.32 Å². The summed E-state index contributed by atoms with van der Waals surface area (Å²) < 4.78 is 1.35. The van der Waals surface area contributed by atoms with Gasteiger partial charge in [0.25, 0.3) is 5.56 Å². The molecule has 124 valence electrons. The maximum atomic E-state index is 11.9. The summed E-state index contributed by atoms with van der Waals surface area (Å²) in [5.41, 5.74) is 1.48. The highest BCUT2D eigenvalue weighted by Gasteiger charge is 2.29. The van der Waals surface area contributed by atoms with Crippen LogP contribution in [0.2, 0.25) is 0 Å². The quantitative estimate of drug-likeness (QED) is 0.845. The van der Waals surface area contributed by atoms with Gasteiger partial charge in [-0.25, -0.2) is 0 Å². The number of rotatable bonds is 6. The molecule has 1 aromatic heterocycles. The van der Waals surface area contributed by atoms with E-state index in [-0.39, 0.29) is 29.8 Å². The maximum Gasteiger partial charge on any atom is 0.250 e. The molecule has 6 nitrogen and oxygen atoms in total. The Morgan fingerprint density at radius 3 is 2.50 bits per heavy atom. The van der Waals surface area contributed by atoms with Gasteiger partial charge in [0.05, 0.1) is 0 Å². The van der Waals surface area contributed by atoms with Crippen molar-refractivity contribution in [1.29, 1.82) is 0 Å². The number of carbonyl (C=O) groups is 2. The van der Waals surface area contributed by atoms with Crippen LogP contribution in [-0.4, -0.2) is 16.4 Å². The van der Waals surface area contributed by atoms with Crippen LogP contribution in [0.5, 0.6) is 0 Å². The molecule has 0 bridgehead atoms. The van der Waals surface area contributed by atoms with Gasteiger partial charge in [-0.05, 0) is 36.6 Å². The number of hydrogen-bond donors (Lipinski definition) is 2. The zero-order chi connectivity index (χ0) is 16.9. The summed E-state index contributed by atoms with van der Waals surface area (Å²) in [6.45, 7) is 0.368. The molecule has 0 atom stereocenters. The van der Waals surface area contributed by atoms with Crippen LogP contribution in [0.1, 0.15) is 18.4 Å². The predicted molar refractivity (Wildman–Crippen MR) is 90.3 cm³/mol. The Hall–Kier alpha value is -2.89. The van der Waals surface area contributed by atoms with Crippen molar-refractivity contribution in [3.8, 4) is 0 Å². The topological polar surface area (TPSA) is 80.2 Å². The number of carbonyl (C=O) groups excluding carboxylic acids is 2. The van der Waals surface area contributed by atoms with E-state index < -0.39 is 0 Å². The fourth-order valence-corrected chi connectivity index (χ4v) is 2.30. The molecule has 6 heteroatoms. The number of nitrogens with zero attached hydrogens (tertiary/aromatic N) is 1. The largest absolute Gasteiger partial charge is 0.350 e. The van der Waals surface area contributed by atoms with Crippen LogP contribution in [-0.2, 0) is 22.7 Å². The van der Waals surface area contributed by atoms with E-state index in [1.54, 1.807) is 18.3 Å². The molecule has 2 aromatic rings. The minimum atomic E-state index is -0.227. The van der Waals surface area contributed by atoms with Gasteiger partial charge in [0.2, 0.25) is 11.8 Å². The Labute approximate surface area is 139 Å². The molecule has 1 heterocycles. The first-order valence-electron chi connectivity index (χ1n) is 7.94. The van der Waals surface area contributed by atoms with Crippen LogP contribution >= 0.6 is 0 Å². The van der Waals surface area contributed by atoms with E-state index in [4.69, 9.17) is 0 Å². The van der Waals surface area contributed by atoms with Crippen LogP contribution < -0.4 is 16.2 Å².